The molecule has 0 aromatic carbocycles. The molecule has 0 N–H and O–H groups in total. The van der Waals surface area contributed by atoms with Gasteiger partial charge in [0.1, 0.15) is 6.10 Å². The molecule has 0 aromatic rings. The van der Waals surface area contributed by atoms with Crippen molar-refractivity contribution in [1.82, 2.24) is 0 Å². The molecular weight excluding hydrogens is 332 g/mol. The van der Waals surface area contributed by atoms with E-state index in [-0.39, 0.29) is 12.1 Å². The van der Waals surface area contributed by atoms with Gasteiger partial charge in [-0.2, -0.15) is 0 Å². The van der Waals surface area contributed by atoms with Crippen LogP contribution in [0.2, 0.25) is 0 Å². The van der Waals surface area contributed by atoms with Gasteiger partial charge in [-0.05, 0) is 32.1 Å². The highest BCUT2D eigenvalue weighted by Gasteiger charge is 2.14. The second kappa shape index (κ2) is 21.8. The number of carbonyl (C=O) groups excluding carboxylic acids is 1. The van der Waals surface area contributed by atoms with Crippen molar-refractivity contribution in [3.8, 4) is 0 Å². The van der Waals surface area contributed by atoms with E-state index in [4.69, 9.17) is 4.74 Å². The van der Waals surface area contributed by atoms with Crippen LogP contribution in [0, 0.1) is 0 Å². The first-order valence-corrected chi connectivity index (χ1v) is 12.4. The second-order valence-corrected chi connectivity index (χ2v) is 8.39. The van der Waals surface area contributed by atoms with E-state index in [1.165, 1.54) is 103 Å². The van der Waals surface area contributed by atoms with Crippen LogP contribution in [0.15, 0.2) is 0 Å². The summed E-state index contributed by atoms with van der Waals surface area (Å²) in [5.74, 6) is 0.0495. The number of hydrogen-bond acceptors (Lipinski definition) is 2. The molecule has 2 heteroatoms. The van der Waals surface area contributed by atoms with E-state index < -0.39 is 0 Å². The summed E-state index contributed by atoms with van der Waals surface area (Å²) in [4.78, 5) is 12.2. The molecule has 0 aromatic heterocycles. The fourth-order valence-electron chi connectivity index (χ4n) is 3.68. The van der Waals surface area contributed by atoms with Crippen molar-refractivity contribution >= 4 is 5.97 Å². The Morgan fingerprint density at radius 3 is 1.37 bits per heavy atom. The van der Waals surface area contributed by atoms with Crippen LogP contribution < -0.4 is 0 Å². The minimum atomic E-state index is 0.0495. The first kappa shape index (κ1) is 26.5. The van der Waals surface area contributed by atoms with E-state index in [9.17, 15) is 4.79 Å². The summed E-state index contributed by atoms with van der Waals surface area (Å²) in [7, 11) is 0. The van der Waals surface area contributed by atoms with Gasteiger partial charge in [0.2, 0.25) is 0 Å². The van der Waals surface area contributed by atoms with Crippen molar-refractivity contribution in [2.75, 3.05) is 0 Å². The predicted molar refractivity (Wildman–Crippen MR) is 119 cm³/mol. The highest BCUT2D eigenvalue weighted by molar-refractivity contribution is 5.69. The summed E-state index contributed by atoms with van der Waals surface area (Å²) in [6.07, 6.45) is 24.6. The van der Waals surface area contributed by atoms with Gasteiger partial charge in [-0.25, -0.2) is 0 Å². The maximum atomic E-state index is 12.2. The van der Waals surface area contributed by atoms with Crippen LogP contribution in [0.3, 0.4) is 0 Å². The highest BCUT2D eigenvalue weighted by atomic mass is 16.5. The third kappa shape index (κ3) is 20.0. The van der Waals surface area contributed by atoms with Crippen LogP contribution in [0.25, 0.3) is 0 Å². The smallest absolute Gasteiger partial charge is 0.306 e. The van der Waals surface area contributed by atoms with E-state index in [2.05, 4.69) is 20.8 Å². The topological polar surface area (TPSA) is 26.3 Å². The molecular formula is C25H50O2. The molecule has 0 saturated heterocycles. The molecule has 0 aliphatic carbocycles. The van der Waals surface area contributed by atoms with Gasteiger partial charge in [-0.15, -0.1) is 0 Å². The van der Waals surface area contributed by atoms with Gasteiger partial charge >= 0.3 is 5.97 Å². The quantitative estimate of drug-likeness (QED) is 0.146. The molecule has 0 aliphatic rings. The molecule has 0 spiro atoms. The van der Waals surface area contributed by atoms with Crippen molar-refractivity contribution in [3.63, 3.8) is 0 Å². The zero-order valence-electron chi connectivity index (χ0n) is 19.0. The first-order valence-electron chi connectivity index (χ1n) is 12.4. The molecule has 0 atom stereocenters. The lowest BCUT2D eigenvalue weighted by Gasteiger charge is -2.18. The fourth-order valence-corrected chi connectivity index (χ4v) is 3.68. The Bertz CT molecular complexity index is 285. The van der Waals surface area contributed by atoms with Gasteiger partial charge in [0.15, 0.2) is 0 Å². The van der Waals surface area contributed by atoms with Gasteiger partial charge in [0.25, 0.3) is 0 Å². The van der Waals surface area contributed by atoms with Crippen LogP contribution >= 0.6 is 0 Å². The van der Waals surface area contributed by atoms with E-state index in [1.54, 1.807) is 0 Å². The molecule has 0 heterocycles. The van der Waals surface area contributed by atoms with Gasteiger partial charge in [-0.1, -0.05) is 111 Å². The average Bonchev–Trinajstić information content (AvgIpc) is 2.66. The van der Waals surface area contributed by atoms with Crippen molar-refractivity contribution in [2.45, 2.75) is 155 Å². The van der Waals surface area contributed by atoms with Crippen molar-refractivity contribution in [1.29, 1.82) is 0 Å². The summed E-state index contributed by atoms with van der Waals surface area (Å²) >= 11 is 0. The number of hydrogen-bond donors (Lipinski definition) is 0. The van der Waals surface area contributed by atoms with Crippen LogP contribution in [-0.4, -0.2) is 12.1 Å². The summed E-state index contributed by atoms with van der Waals surface area (Å²) in [5, 5.41) is 0. The van der Waals surface area contributed by atoms with E-state index in [0.29, 0.717) is 6.42 Å². The molecule has 0 rings (SSSR count). The maximum Gasteiger partial charge on any atom is 0.306 e. The molecule has 27 heavy (non-hydrogen) atoms. The standard InChI is InChI=1S/C25H50O2/c1-4-7-10-13-16-18-21-24(22-19-17-14-11-8-5-2)27-25(26)23-20-15-12-9-6-3/h24H,4-23H2,1-3H3. The summed E-state index contributed by atoms with van der Waals surface area (Å²) in [5.41, 5.74) is 0. The third-order valence-electron chi connectivity index (χ3n) is 5.54. The third-order valence-corrected chi connectivity index (χ3v) is 5.54. The van der Waals surface area contributed by atoms with Gasteiger partial charge in [0, 0.05) is 6.42 Å². The lowest BCUT2D eigenvalue weighted by Crippen LogP contribution is -2.18. The van der Waals surface area contributed by atoms with Gasteiger partial charge in [0.05, 0.1) is 0 Å². The van der Waals surface area contributed by atoms with Gasteiger partial charge in [-0.3, -0.25) is 4.79 Å². The first-order chi connectivity index (χ1) is 13.2. The molecule has 2 nitrogen and oxygen atoms in total. The number of rotatable bonds is 21. The number of esters is 1. The van der Waals surface area contributed by atoms with Crippen LogP contribution in [0.1, 0.15) is 149 Å². The van der Waals surface area contributed by atoms with Crippen LogP contribution in [0.5, 0.6) is 0 Å². The van der Waals surface area contributed by atoms with Crippen molar-refractivity contribution in [2.24, 2.45) is 0 Å². The SMILES string of the molecule is CCCCCCCCC(CCCCCCCC)OC(=O)CCCCCCC. The molecule has 0 unspecified atom stereocenters. The normalized spacial score (nSPS) is 11.3. The molecule has 0 radical (unpaired) electrons. The molecule has 0 saturated carbocycles. The number of carbonyl (C=O) groups is 1. The Hall–Kier alpha value is -0.530. The Kier molecular flexibility index (Phi) is 21.3. The second-order valence-electron chi connectivity index (χ2n) is 8.39. The fraction of sp³-hybridized carbons (Fsp3) is 0.960. The molecule has 0 bridgehead atoms. The lowest BCUT2D eigenvalue weighted by molar-refractivity contribution is -0.150. The zero-order chi connectivity index (χ0) is 20.0. The number of ether oxygens (including phenoxy) is 1. The Labute approximate surface area is 171 Å². The maximum absolute atomic E-state index is 12.2. The molecule has 0 amide bonds. The van der Waals surface area contributed by atoms with Crippen molar-refractivity contribution < 1.29 is 9.53 Å². The van der Waals surface area contributed by atoms with Crippen molar-refractivity contribution in [3.05, 3.63) is 0 Å². The minimum absolute atomic E-state index is 0.0495. The average molecular weight is 383 g/mol. The predicted octanol–water partition coefficient (Wildman–Crippen LogP) is 8.76. The molecule has 0 aliphatic heterocycles. The minimum Gasteiger partial charge on any atom is -0.462 e. The summed E-state index contributed by atoms with van der Waals surface area (Å²) in [6.45, 7) is 6.75. The molecule has 0 fully saturated rings. The van der Waals surface area contributed by atoms with Crippen LogP contribution in [0.4, 0.5) is 0 Å². The van der Waals surface area contributed by atoms with E-state index in [1.807, 2.05) is 0 Å². The Balaban J connectivity index is 4.00. The summed E-state index contributed by atoms with van der Waals surface area (Å²) in [6, 6.07) is 0. The Morgan fingerprint density at radius 1 is 0.556 bits per heavy atom. The highest BCUT2D eigenvalue weighted by Crippen LogP contribution is 2.18. The van der Waals surface area contributed by atoms with E-state index in [0.717, 1.165) is 19.3 Å². The summed E-state index contributed by atoms with van der Waals surface area (Å²) < 4.78 is 5.87. The number of unbranched alkanes of at least 4 members (excludes halogenated alkanes) is 14. The molecule has 162 valence electrons. The largest absolute Gasteiger partial charge is 0.462 e. The van der Waals surface area contributed by atoms with Crippen LogP contribution in [-0.2, 0) is 9.53 Å². The lowest BCUT2D eigenvalue weighted by atomic mass is 10.0. The monoisotopic (exact) mass is 382 g/mol. The zero-order valence-corrected chi connectivity index (χ0v) is 19.0. The van der Waals surface area contributed by atoms with Gasteiger partial charge < -0.3 is 4.74 Å². The Morgan fingerprint density at radius 2 is 0.926 bits per heavy atom. The van der Waals surface area contributed by atoms with E-state index >= 15 is 0 Å².